The Bertz CT molecular complexity index is 206. The average molecular weight is 280 g/mol. The topological polar surface area (TPSA) is 148 Å². The predicted octanol–water partition coefficient (Wildman–Crippen LogP) is -4.72. The van der Waals surface area contributed by atoms with Crippen LogP contribution < -0.4 is 0 Å². The molecule has 0 spiro atoms. The maximum atomic E-state index is 9.92. The van der Waals surface area contributed by atoms with Crippen LogP contribution in [0.5, 0.6) is 0 Å². The van der Waals surface area contributed by atoms with E-state index >= 15 is 0 Å². The van der Waals surface area contributed by atoms with E-state index in [4.69, 9.17) is 30.6 Å². The predicted molar refractivity (Wildman–Crippen MR) is 62.2 cm³/mol. The Morgan fingerprint density at radius 3 is 1.82 bits per heavy atom. The molecular formula is C7H18AlNaO8. The number of ether oxygens (including phenoxy) is 1. The van der Waals surface area contributed by atoms with E-state index in [-0.39, 0.29) is 46.9 Å². The van der Waals surface area contributed by atoms with Crippen LogP contribution in [0.4, 0.5) is 4.79 Å². The van der Waals surface area contributed by atoms with Crippen LogP contribution >= 0.6 is 0 Å². The molecule has 0 aromatic carbocycles. The zero-order valence-corrected chi connectivity index (χ0v) is 7.72. The molecule has 17 heavy (non-hydrogen) atoms. The number of aliphatic hydroxyl groups excluding tert-OH is 5. The molecule has 0 fully saturated rings. The van der Waals surface area contributed by atoms with Crippen molar-refractivity contribution >= 4 is 53.1 Å². The Morgan fingerprint density at radius 2 is 1.47 bits per heavy atom. The average Bonchev–Trinajstić information content (AvgIpc) is 2.22. The molecule has 98 valence electrons. The Labute approximate surface area is 130 Å². The molecule has 10 heteroatoms. The Balaban J connectivity index is -0.000000980. The second kappa shape index (κ2) is 11.7. The molecule has 0 aliphatic heterocycles. The molecule has 0 heterocycles. The summed E-state index contributed by atoms with van der Waals surface area (Å²) in [6.07, 6.45) is -8.55. The summed E-state index contributed by atoms with van der Waals surface area (Å²) in [7, 11) is 0. The Kier molecular flexibility index (Phi) is 15.6. The van der Waals surface area contributed by atoms with Gasteiger partial charge in [0.25, 0.3) is 0 Å². The van der Waals surface area contributed by atoms with Gasteiger partial charge in [0.05, 0.1) is 6.61 Å². The zero-order chi connectivity index (χ0) is 12.0. The molecule has 0 bridgehead atoms. The van der Waals surface area contributed by atoms with Gasteiger partial charge in [-0.15, -0.1) is 0 Å². The van der Waals surface area contributed by atoms with Gasteiger partial charge in [-0.3, -0.25) is 0 Å². The van der Waals surface area contributed by atoms with Crippen molar-refractivity contribution in [3.8, 4) is 0 Å². The number of aliphatic hydroxyl groups is 5. The molecule has 0 radical (unpaired) electrons. The summed E-state index contributed by atoms with van der Waals surface area (Å²) in [6.45, 7) is -1.55. The van der Waals surface area contributed by atoms with E-state index in [1.165, 1.54) is 0 Å². The molecule has 4 atom stereocenters. The third-order valence-electron chi connectivity index (χ3n) is 1.70. The fourth-order valence-electron chi connectivity index (χ4n) is 0.818. The SMILES string of the molecule is O=C(O)OCC(O)C(O)C(O)C(O)CO.[AlH3].[NaH]. The fraction of sp³-hybridized carbons (Fsp3) is 0.857. The number of carbonyl (C=O) groups is 1. The van der Waals surface area contributed by atoms with E-state index < -0.39 is 43.8 Å². The molecule has 8 nitrogen and oxygen atoms in total. The van der Waals surface area contributed by atoms with Gasteiger partial charge in [0.1, 0.15) is 31.0 Å². The molecule has 0 aromatic rings. The van der Waals surface area contributed by atoms with Crippen LogP contribution in [0.25, 0.3) is 0 Å². The van der Waals surface area contributed by atoms with Crippen molar-refractivity contribution in [3.05, 3.63) is 0 Å². The van der Waals surface area contributed by atoms with Gasteiger partial charge in [0.15, 0.2) is 17.4 Å². The Morgan fingerprint density at radius 1 is 1.06 bits per heavy atom. The summed E-state index contributed by atoms with van der Waals surface area (Å²) < 4.78 is 3.94. The van der Waals surface area contributed by atoms with E-state index in [1.54, 1.807) is 0 Å². The number of rotatable bonds is 6. The molecular weight excluding hydrogens is 262 g/mol. The van der Waals surface area contributed by atoms with Gasteiger partial charge >= 0.3 is 35.7 Å². The van der Waals surface area contributed by atoms with Crippen molar-refractivity contribution in [1.82, 2.24) is 0 Å². The maximum absolute atomic E-state index is 9.92. The van der Waals surface area contributed by atoms with E-state index in [0.29, 0.717) is 0 Å². The van der Waals surface area contributed by atoms with Crippen LogP contribution in [-0.2, 0) is 4.74 Å². The van der Waals surface area contributed by atoms with Crippen molar-refractivity contribution in [3.63, 3.8) is 0 Å². The first-order valence-electron chi connectivity index (χ1n) is 4.09. The normalized spacial score (nSPS) is 16.8. The van der Waals surface area contributed by atoms with Gasteiger partial charge in [0, 0.05) is 0 Å². The van der Waals surface area contributed by atoms with Gasteiger partial charge in [0.2, 0.25) is 0 Å². The zero-order valence-electron chi connectivity index (χ0n) is 7.72. The van der Waals surface area contributed by atoms with Crippen LogP contribution in [-0.4, -0.2) is 121 Å². The number of hydrogen-bond donors (Lipinski definition) is 6. The first-order chi connectivity index (χ1) is 6.90. The summed E-state index contributed by atoms with van der Waals surface area (Å²) in [5.41, 5.74) is 0. The summed E-state index contributed by atoms with van der Waals surface area (Å²) in [5, 5.41) is 52.7. The summed E-state index contributed by atoms with van der Waals surface area (Å²) in [4.78, 5) is 9.92. The van der Waals surface area contributed by atoms with Gasteiger partial charge in [-0.25, -0.2) is 4.79 Å². The first kappa shape index (κ1) is 22.8. The van der Waals surface area contributed by atoms with E-state index in [9.17, 15) is 4.79 Å². The van der Waals surface area contributed by atoms with Crippen LogP contribution in [0.3, 0.4) is 0 Å². The minimum atomic E-state index is -1.81. The summed E-state index contributed by atoms with van der Waals surface area (Å²) in [6, 6.07) is 0. The molecule has 0 aliphatic rings. The fourth-order valence-corrected chi connectivity index (χ4v) is 0.818. The Hall–Kier alpha value is 0.602. The van der Waals surface area contributed by atoms with Gasteiger partial charge in [-0.2, -0.15) is 0 Å². The van der Waals surface area contributed by atoms with Crippen molar-refractivity contribution in [2.24, 2.45) is 0 Å². The summed E-state index contributed by atoms with van der Waals surface area (Å²) in [5.74, 6) is 0. The third kappa shape index (κ3) is 9.21. The number of carboxylic acid groups (broad SMARTS) is 1. The second-order valence-corrected chi connectivity index (χ2v) is 2.88. The summed E-state index contributed by atoms with van der Waals surface area (Å²) >= 11 is 0. The van der Waals surface area contributed by atoms with E-state index in [1.807, 2.05) is 0 Å². The van der Waals surface area contributed by atoms with Crippen molar-refractivity contribution in [1.29, 1.82) is 0 Å². The second-order valence-electron chi connectivity index (χ2n) is 2.88. The van der Waals surface area contributed by atoms with Crippen LogP contribution in [0.1, 0.15) is 0 Å². The van der Waals surface area contributed by atoms with Crippen LogP contribution in [0.2, 0.25) is 0 Å². The van der Waals surface area contributed by atoms with Crippen LogP contribution in [0.15, 0.2) is 0 Å². The number of hydrogen-bond acceptors (Lipinski definition) is 7. The molecule has 6 N–H and O–H groups in total. The molecule has 0 saturated carbocycles. The van der Waals surface area contributed by atoms with Crippen LogP contribution in [0, 0.1) is 0 Å². The molecule has 0 saturated heterocycles. The van der Waals surface area contributed by atoms with Crippen molar-refractivity contribution in [2.75, 3.05) is 13.2 Å². The first-order valence-corrected chi connectivity index (χ1v) is 4.09. The van der Waals surface area contributed by atoms with E-state index in [0.717, 1.165) is 0 Å². The van der Waals surface area contributed by atoms with Crippen molar-refractivity contribution < 1.29 is 40.2 Å². The molecule has 0 aromatic heterocycles. The van der Waals surface area contributed by atoms with Crippen molar-refractivity contribution in [2.45, 2.75) is 24.4 Å². The standard InChI is InChI=1S/C7H14O8.Al.Na.4H/c8-1-3(9)5(11)6(12)4(10)2-15-7(13)14;;;;;;/h3-6,8-12H,1-2H2,(H,13,14);;;;;;. The molecule has 4 unspecified atom stereocenters. The minimum absolute atomic E-state index is 0. The molecule has 0 aliphatic carbocycles. The van der Waals surface area contributed by atoms with Gasteiger partial charge in [-0.1, -0.05) is 0 Å². The molecule has 0 rings (SSSR count). The van der Waals surface area contributed by atoms with E-state index in [2.05, 4.69) is 4.74 Å². The third-order valence-corrected chi connectivity index (χ3v) is 1.70. The van der Waals surface area contributed by atoms with Gasteiger partial charge < -0.3 is 35.4 Å². The monoisotopic (exact) mass is 280 g/mol. The quantitative estimate of drug-likeness (QED) is 0.210. The van der Waals surface area contributed by atoms with Gasteiger partial charge in [-0.05, 0) is 0 Å². The molecule has 0 amide bonds.